The van der Waals surface area contributed by atoms with Crippen LogP contribution in [0.25, 0.3) is 0 Å². The lowest BCUT2D eigenvalue weighted by atomic mass is 10.5. The van der Waals surface area contributed by atoms with E-state index in [0.717, 1.165) is 6.61 Å². The molecule has 8 heteroatoms. The van der Waals surface area contributed by atoms with Crippen LogP contribution in [-0.2, 0) is 32.3 Å². The highest BCUT2D eigenvalue weighted by Gasteiger charge is 2.46. The molecule has 19 heavy (non-hydrogen) atoms. The van der Waals surface area contributed by atoms with Crippen molar-refractivity contribution in [1.82, 2.24) is 0 Å². The quantitative estimate of drug-likeness (QED) is 0.347. The Hall–Kier alpha value is -0.963. The number of carbonyl (C=O) groups is 2. The Morgan fingerprint density at radius 1 is 1.26 bits per heavy atom. The topological polar surface area (TPSA) is 83.6 Å². The monoisotopic (exact) mass is 292 g/mol. The Bertz CT molecular complexity index is 300. The van der Waals surface area contributed by atoms with Crippen molar-refractivity contribution in [1.29, 1.82) is 0 Å². The lowest BCUT2D eigenvalue weighted by Crippen LogP contribution is -2.47. The summed E-state index contributed by atoms with van der Waals surface area (Å²) in [5.41, 5.74) is 0. The molecule has 7 nitrogen and oxygen atoms in total. The van der Waals surface area contributed by atoms with Crippen LogP contribution in [0.5, 0.6) is 0 Å². The average Bonchev–Trinajstić information content (AvgIpc) is 3.10. The van der Waals surface area contributed by atoms with Crippen LogP contribution in [-0.4, -0.2) is 53.8 Å². The summed E-state index contributed by atoms with van der Waals surface area (Å²) in [6.07, 6.45) is 0.791. The number of hydrogen-bond donors (Lipinski definition) is 0. The summed E-state index contributed by atoms with van der Waals surface area (Å²) in [4.78, 5) is 22.2. The molecule has 1 fully saturated rings. The van der Waals surface area contributed by atoms with Gasteiger partial charge in [0.15, 0.2) is 0 Å². The molecule has 0 bridgehead atoms. The lowest BCUT2D eigenvalue weighted by molar-refractivity contribution is -0.142. The maximum absolute atomic E-state index is 11.1. The zero-order valence-corrected chi connectivity index (χ0v) is 12.5. The first-order chi connectivity index (χ1) is 8.97. The Kier molecular flexibility index (Phi) is 6.42. The maximum Gasteiger partial charge on any atom is 0.635 e. The van der Waals surface area contributed by atoms with Crippen molar-refractivity contribution in [3.05, 3.63) is 0 Å². The second-order valence-electron chi connectivity index (χ2n) is 4.21. The maximum atomic E-state index is 11.1. The second-order valence-corrected chi connectivity index (χ2v) is 6.89. The van der Waals surface area contributed by atoms with Gasteiger partial charge in [0.1, 0.15) is 6.10 Å². The Morgan fingerprint density at radius 3 is 2.26 bits per heavy atom. The van der Waals surface area contributed by atoms with E-state index in [2.05, 4.69) is 0 Å². The molecule has 0 aromatic carbocycles. The van der Waals surface area contributed by atoms with Crippen molar-refractivity contribution in [2.75, 3.05) is 26.9 Å². The van der Waals surface area contributed by atoms with Gasteiger partial charge in [-0.1, -0.05) is 0 Å². The molecule has 0 amide bonds. The van der Waals surface area contributed by atoms with Crippen molar-refractivity contribution in [3.8, 4) is 0 Å². The molecule has 110 valence electrons. The number of epoxide rings is 1. The number of ether oxygens (including phenoxy) is 2. The molecule has 1 aliphatic heterocycles. The van der Waals surface area contributed by atoms with Crippen LogP contribution in [0.3, 0.4) is 0 Å². The first-order valence-corrected chi connectivity index (χ1v) is 8.04. The molecule has 0 saturated carbocycles. The predicted molar refractivity (Wildman–Crippen MR) is 66.3 cm³/mol. The summed E-state index contributed by atoms with van der Waals surface area (Å²) in [5, 5.41) is 0. The lowest BCUT2D eigenvalue weighted by Gasteiger charge is -2.25. The Balaban J connectivity index is 2.36. The highest BCUT2D eigenvalue weighted by molar-refractivity contribution is 6.64. The van der Waals surface area contributed by atoms with E-state index in [9.17, 15) is 9.59 Å². The Morgan fingerprint density at radius 2 is 1.84 bits per heavy atom. The normalized spacial score (nSPS) is 17.9. The molecule has 1 atom stereocenters. The molecule has 0 radical (unpaired) electrons. The molecule has 1 saturated heterocycles. The van der Waals surface area contributed by atoms with Crippen molar-refractivity contribution in [3.63, 3.8) is 0 Å². The molecule has 1 aliphatic rings. The van der Waals surface area contributed by atoms with Gasteiger partial charge in [-0.15, -0.1) is 0 Å². The third-order valence-corrected chi connectivity index (χ3v) is 5.17. The molecule has 1 heterocycles. The van der Waals surface area contributed by atoms with Gasteiger partial charge in [-0.2, -0.15) is 0 Å². The molecule has 1 rings (SSSR count). The van der Waals surface area contributed by atoms with Gasteiger partial charge in [0.2, 0.25) is 0 Å². The van der Waals surface area contributed by atoms with E-state index < -0.39 is 20.7 Å². The molecule has 1 unspecified atom stereocenters. The van der Waals surface area contributed by atoms with Gasteiger partial charge < -0.3 is 22.8 Å². The number of carbonyl (C=O) groups excluding carboxylic acids is 2. The number of rotatable bonds is 9. The molecular formula is C11H20O7Si. The van der Waals surface area contributed by atoms with E-state index in [1.807, 2.05) is 0 Å². The van der Waals surface area contributed by atoms with Crippen LogP contribution in [0.2, 0.25) is 6.04 Å². The van der Waals surface area contributed by atoms with Gasteiger partial charge in [-0.25, -0.2) is 0 Å². The first kappa shape index (κ1) is 16.1. The van der Waals surface area contributed by atoms with Crippen LogP contribution in [0, 0.1) is 0 Å². The third-order valence-electron chi connectivity index (χ3n) is 2.39. The van der Waals surface area contributed by atoms with Crippen LogP contribution in [0.1, 0.15) is 20.3 Å². The van der Waals surface area contributed by atoms with Crippen LogP contribution < -0.4 is 0 Å². The Labute approximate surface area is 113 Å². The third kappa shape index (κ3) is 6.67. The summed E-state index contributed by atoms with van der Waals surface area (Å²) in [6, 6.07) is 0.341. The second kappa shape index (κ2) is 7.58. The van der Waals surface area contributed by atoms with Gasteiger partial charge in [-0.05, 0) is 6.42 Å². The first-order valence-electron chi connectivity index (χ1n) is 6.11. The summed E-state index contributed by atoms with van der Waals surface area (Å²) in [5.74, 6) is -1.05. The standard InChI is InChI=1S/C11H20O7Si/c1-9(12)17-19(14-3,18-10(2)13)6-4-5-15-7-11-8-16-11/h11H,4-8H2,1-3H3. The van der Waals surface area contributed by atoms with Crippen LogP contribution in [0.15, 0.2) is 0 Å². The van der Waals surface area contributed by atoms with Crippen LogP contribution in [0.4, 0.5) is 0 Å². The molecule has 0 spiro atoms. The molecule has 0 aliphatic carbocycles. The summed E-state index contributed by atoms with van der Waals surface area (Å²) in [6.45, 7) is 4.29. The minimum absolute atomic E-state index is 0.214. The van der Waals surface area contributed by atoms with E-state index in [1.165, 1.54) is 21.0 Å². The highest BCUT2D eigenvalue weighted by atomic mass is 28.4. The minimum atomic E-state index is -3.27. The van der Waals surface area contributed by atoms with E-state index in [0.29, 0.717) is 25.7 Å². The minimum Gasteiger partial charge on any atom is -0.464 e. The molecule has 0 N–H and O–H groups in total. The van der Waals surface area contributed by atoms with Crippen molar-refractivity contribution < 1.29 is 32.3 Å². The predicted octanol–water partition coefficient (Wildman–Crippen LogP) is 0.503. The van der Waals surface area contributed by atoms with E-state index >= 15 is 0 Å². The van der Waals surface area contributed by atoms with Gasteiger partial charge in [-0.3, -0.25) is 9.59 Å². The molecular weight excluding hydrogens is 272 g/mol. The fraction of sp³-hybridized carbons (Fsp3) is 0.818. The van der Waals surface area contributed by atoms with Crippen molar-refractivity contribution >= 4 is 20.7 Å². The highest BCUT2D eigenvalue weighted by Crippen LogP contribution is 2.18. The largest absolute Gasteiger partial charge is 0.635 e. The summed E-state index contributed by atoms with van der Waals surface area (Å²) in [7, 11) is -1.90. The fourth-order valence-electron chi connectivity index (χ4n) is 1.52. The van der Waals surface area contributed by atoms with Crippen LogP contribution >= 0.6 is 0 Å². The smallest absolute Gasteiger partial charge is 0.464 e. The van der Waals surface area contributed by atoms with E-state index in [4.69, 9.17) is 22.8 Å². The summed E-state index contributed by atoms with van der Waals surface area (Å²) < 4.78 is 25.7. The fourth-order valence-corrected chi connectivity index (χ4v) is 3.59. The van der Waals surface area contributed by atoms with Crippen molar-refractivity contribution in [2.24, 2.45) is 0 Å². The average molecular weight is 292 g/mol. The zero-order valence-electron chi connectivity index (χ0n) is 11.5. The van der Waals surface area contributed by atoms with Gasteiger partial charge in [0.25, 0.3) is 11.9 Å². The zero-order chi connectivity index (χ0) is 14.3. The van der Waals surface area contributed by atoms with Gasteiger partial charge >= 0.3 is 8.80 Å². The van der Waals surface area contributed by atoms with Gasteiger partial charge in [0.05, 0.1) is 13.2 Å². The number of hydrogen-bond acceptors (Lipinski definition) is 7. The summed E-state index contributed by atoms with van der Waals surface area (Å²) >= 11 is 0. The SMILES string of the molecule is CO[Si](CCCOCC1CO1)(OC(C)=O)OC(C)=O. The molecule has 0 aromatic rings. The van der Waals surface area contributed by atoms with E-state index in [1.54, 1.807) is 0 Å². The molecule has 0 aromatic heterocycles. The van der Waals surface area contributed by atoms with Crippen molar-refractivity contribution in [2.45, 2.75) is 32.4 Å². The van der Waals surface area contributed by atoms with Gasteiger partial charge in [0, 0.05) is 33.6 Å². The van der Waals surface area contributed by atoms with E-state index in [-0.39, 0.29) is 6.10 Å².